The zero-order valence-electron chi connectivity index (χ0n) is 17.1. The fourth-order valence-electron chi connectivity index (χ4n) is 4.58. The first-order valence-corrected chi connectivity index (χ1v) is 10.8. The van der Waals surface area contributed by atoms with Gasteiger partial charge in [0.25, 0.3) is 5.91 Å². The van der Waals surface area contributed by atoms with Crippen molar-refractivity contribution in [3.63, 3.8) is 0 Å². The summed E-state index contributed by atoms with van der Waals surface area (Å²) in [5, 5.41) is 13.0. The predicted octanol–water partition coefficient (Wildman–Crippen LogP) is 6.06. The lowest BCUT2D eigenvalue weighted by atomic mass is 9.79. The third-order valence-electron chi connectivity index (χ3n) is 6.09. The number of carboxylic acid groups (broad SMARTS) is 1. The molecule has 1 N–H and O–H groups in total. The van der Waals surface area contributed by atoms with E-state index in [9.17, 15) is 14.7 Å². The summed E-state index contributed by atoms with van der Waals surface area (Å²) in [7, 11) is 0. The summed E-state index contributed by atoms with van der Waals surface area (Å²) in [6.45, 7) is 0.283. The highest BCUT2D eigenvalue weighted by atomic mass is 35.5. The van der Waals surface area contributed by atoms with Crippen LogP contribution < -0.4 is 0 Å². The monoisotopic (exact) mass is 441 g/mol. The van der Waals surface area contributed by atoms with Gasteiger partial charge in [-0.2, -0.15) is 0 Å². The molecule has 0 aromatic heterocycles. The molecule has 0 radical (unpaired) electrons. The number of nitrogens with zero attached hydrogens (tertiary/aromatic N) is 1. The number of fused-ring (bicyclic) bond motifs is 2. The molecule has 1 aliphatic rings. The van der Waals surface area contributed by atoms with Gasteiger partial charge in [-0.3, -0.25) is 9.59 Å². The third kappa shape index (κ3) is 3.53. The van der Waals surface area contributed by atoms with E-state index in [1.807, 2.05) is 54.6 Å². The van der Waals surface area contributed by atoms with Gasteiger partial charge in [-0.15, -0.1) is 0 Å². The lowest BCUT2D eigenvalue weighted by molar-refractivity contribution is -0.140. The van der Waals surface area contributed by atoms with Crippen LogP contribution in [0.5, 0.6) is 0 Å². The van der Waals surface area contributed by atoms with E-state index in [-0.39, 0.29) is 12.5 Å². The van der Waals surface area contributed by atoms with E-state index in [1.165, 1.54) is 0 Å². The van der Waals surface area contributed by atoms with Crippen LogP contribution in [0.1, 0.15) is 39.0 Å². The lowest BCUT2D eigenvalue weighted by Crippen LogP contribution is -2.44. The summed E-state index contributed by atoms with van der Waals surface area (Å²) in [6.07, 6.45) is 0. The van der Waals surface area contributed by atoms with Crippen LogP contribution in [0.2, 0.25) is 5.02 Å². The van der Waals surface area contributed by atoms with Crippen LogP contribution >= 0.6 is 11.6 Å². The van der Waals surface area contributed by atoms with E-state index in [4.69, 9.17) is 11.6 Å². The SMILES string of the molecule is O=C(O)C1c2ccccc2C(=O)N(Cc2ccc(Cl)cc2)C1c1ccc2ccccc2c1. The first-order chi connectivity index (χ1) is 15.5. The number of hydrogen-bond acceptors (Lipinski definition) is 2. The molecule has 1 amide bonds. The Morgan fingerprint density at radius 2 is 1.56 bits per heavy atom. The van der Waals surface area contributed by atoms with E-state index in [2.05, 4.69) is 0 Å². The van der Waals surface area contributed by atoms with Crippen molar-refractivity contribution in [2.75, 3.05) is 0 Å². The van der Waals surface area contributed by atoms with Gasteiger partial charge in [-0.25, -0.2) is 0 Å². The maximum Gasteiger partial charge on any atom is 0.313 e. The van der Waals surface area contributed by atoms with Crippen molar-refractivity contribution in [3.8, 4) is 0 Å². The molecule has 0 saturated heterocycles. The smallest absolute Gasteiger partial charge is 0.313 e. The summed E-state index contributed by atoms with van der Waals surface area (Å²) in [6, 6.07) is 27.5. The first kappa shape index (κ1) is 20.3. The van der Waals surface area contributed by atoms with Gasteiger partial charge in [-0.05, 0) is 51.7 Å². The first-order valence-electron chi connectivity index (χ1n) is 10.4. The number of amides is 1. The number of hydrogen-bond donors (Lipinski definition) is 1. The minimum absolute atomic E-state index is 0.175. The Morgan fingerprint density at radius 1 is 0.875 bits per heavy atom. The Hall–Kier alpha value is -3.63. The van der Waals surface area contributed by atoms with Crippen molar-refractivity contribution >= 4 is 34.2 Å². The van der Waals surface area contributed by atoms with E-state index in [0.29, 0.717) is 16.1 Å². The van der Waals surface area contributed by atoms with Crippen molar-refractivity contribution in [1.82, 2.24) is 4.90 Å². The number of carbonyl (C=O) groups is 2. The van der Waals surface area contributed by atoms with E-state index in [1.54, 1.807) is 41.3 Å². The Balaban J connectivity index is 1.69. The van der Waals surface area contributed by atoms with E-state index >= 15 is 0 Å². The molecule has 32 heavy (non-hydrogen) atoms. The molecular formula is C27H20ClNO3. The van der Waals surface area contributed by atoms with Gasteiger partial charge < -0.3 is 10.0 Å². The molecule has 1 heterocycles. The minimum atomic E-state index is -0.954. The summed E-state index contributed by atoms with van der Waals surface area (Å²) >= 11 is 6.04. The number of aliphatic carboxylic acids is 1. The van der Waals surface area contributed by atoms with Crippen LogP contribution in [0.3, 0.4) is 0 Å². The van der Waals surface area contributed by atoms with Crippen LogP contribution in [-0.2, 0) is 11.3 Å². The van der Waals surface area contributed by atoms with Gasteiger partial charge in [0.2, 0.25) is 0 Å². The Labute approximate surface area is 190 Å². The van der Waals surface area contributed by atoms with Gasteiger partial charge in [-0.1, -0.05) is 78.3 Å². The average Bonchev–Trinajstić information content (AvgIpc) is 2.81. The van der Waals surface area contributed by atoms with Crippen molar-refractivity contribution in [2.45, 2.75) is 18.5 Å². The van der Waals surface area contributed by atoms with Crippen molar-refractivity contribution < 1.29 is 14.7 Å². The van der Waals surface area contributed by atoms with Crippen molar-refractivity contribution in [3.05, 3.63) is 118 Å². The summed E-state index contributed by atoms with van der Waals surface area (Å²) in [5.41, 5.74) is 2.67. The number of carbonyl (C=O) groups excluding carboxylic acids is 1. The molecule has 158 valence electrons. The largest absolute Gasteiger partial charge is 0.481 e. The highest BCUT2D eigenvalue weighted by Crippen LogP contribution is 2.44. The minimum Gasteiger partial charge on any atom is -0.481 e. The summed E-state index contributed by atoms with van der Waals surface area (Å²) in [4.78, 5) is 27.8. The molecule has 4 aromatic rings. The molecule has 4 aromatic carbocycles. The van der Waals surface area contributed by atoms with Crippen molar-refractivity contribution in [1.29, 1.82) is 0 Å². The van der Waals surface area contributed by atoms with Crippen LogP contribution in [-0.4, -0.2) is 21.9 Å². The highest BCUT2D eigenvalue weighted by Gasteiger charge is 2.44. The lowest BCUT2D eigenvalue weighted by Gasteiger charge is -2.41. The normalized spacial score (nSPS) is 17.9. The second kappa shape index (κ2) is 8.13. The van der Waals surface area contributed by atoms with E-state index < -0.39 is 17.9 Å². The van der Waals surface area contributed by atoms with Crippen LogP contribution in [0.25, 0.3) is 10.8 Å². The van der Waals surface area contributed by atoms with Gasteiger partial charge in [0, 0.05) is 17.1 Å². The molecule has 5 heteroatoms. The molecule has 0 spiro atoms. The summed E-state index contributed by atoms with van der Waals surface area (Å²) < 4.78 is 0. The molecule has 1 aliphatic heterocycles. The second-order valence-corrected chi connectivity index (χ2v) is 8.45. The Kier molecular flexibility index (Phi) is 5.16. The number of rotatable bonds is 4. The quantitative estimate of drug-likeness (QED) is 0.419. The number of halogens is 1. The molecule has 0 bridgehead atoms. The number of benzene rings is 4. The molecule has 0 fully saturated rings. The standard InChI is InChI=1S/C27H20ClNO3/c28-21-13-9-17(10-14-21)16-29-25(20-12-11-18-5-1-2-6-19(18)15-20)24(27(31)32)22-7-3-4-8-23(22)26(29)30/h1-15,24-25H,16H2,(H,31,32). The Bertz CT molecular complexity index is 1330. The average molecular weight is 442 g/mol. The second-order valence-electron chi connectivity index (χ2n) is 8.01. The van der Waals surface area contributed by atoms with Crippen LogP contribution in [0.4, 0.5) is 0 Å². The number of carboxylic acids is 1. The zero-order valence-corrected chi connectivity index (χ0v) is 17.9. The zero-order chi connectivity index (χ0) is 22.2. The molecular weight excluding hydrogens is 422 g/mol. The van der Waals surface area contributed by atoms with Gasteiger partial charge >= 0.3 is 5.97 Å². The van der Waals surface area contributed by atoms with Crippen LogP contribution in [0.15, 0.2) is 91.0 Å². The fraction of sp³-hybridized carbons (Fsp3) is 0.111. The topological polar surface area (TPSA) is 57.6 Å². The fourth-order valence-corrected chi connectivity index (χ4v) is 4.71. The molecule has 2 unspecified atom stereocenters. The van der Waals surface area contributed by atoms with Gasteiger partial charge in [0.05, 0.1) is 6.04 Å². The molecule has 0 aliphatic carbocycles. The highest BCUT2D eigenvalue weighted by molar-refractivity contribution is 6.30. The maximum atomic E-state index is 13.6. The van der Waals surface area contributed by atoms with E-state index in [0.717, 1.165) is 21.9 Å². The van der Waals surface area contributed by atoms with Crippen molar-refractivity contribution in [2.24, 2.45) is 0 Å². The molecule has 4 nitrogen and oxygen atoms in total. The molecule has 2 atom stereocenters. The summed E-state index contributed by atoms with van der Waals surface area (Å²) in [5.74, 6) is -2.01. The van der Waals surface area contributed by atoms with Crippen LogP contribution in [0, 0.1) is 0 Å². The molecule has 0 saturated carbocycles. The van der Waals surface area contributed by atoms with Gasteiger partial charge in [0.1, 0.15) is 5.92 Å². The predicted molar refractivity (Wildman–Crippen MR) is 125 cm³/mol. The molecule has 5 rings (SSSR count). The maximum absolute atomic E-state index is 13.6. The third-order valence-corrected chi connectivity index (χ3v) is 6.34. The Morgan fingerprint density at radius 3 is 2.31 bits per heavy atom. The van der Waals surface area contributed by atoms with Gasteiger partial charge in [0.15, 0.2) is 0 Å².